The molecule has 1 fully saturated rings. The maximum atomic E-state index is 13.3. The monoisotopic (exact) mass is 492 g/mol. The van der Waals surface area contributed by atoms with Gasteiger partial charge < -0.3 is 25.2 Å². The minimum Gasteiger partial charge on any atom is -0.462 e. The lowest BCUT2D eigenvalue weighted by Crippen LogP contribution is -2.55. The summed E-state index contributed by atoms with van der Waals surface area (Å²) >= 11 is 0. The lowest BCUT2D eigenvalue weighted by molar-refractivity contribution is -0.136. The maximum Gasteiger partial charge on any atom is 0.338 e. The van der Waals surface area contributed by atoms with Crippen molar-refractivity contribution in [1.29, 1.82) is 0 Å². The topological polar surface area (TPSA) is 73.9 Å². The van der Waals surface area contributed by atoms with E-state index in [0.29, 0.717) is 12.2 Å². The number of likely N-dealkylation sites (N-methyl/N-ethyl adjacent to an activating group) is 1. The first-order chi connectivity index (χ1) is 17.0. The molecular formula is C29H40N4O3. The molecule has 1 amide bonds. The lowest BCUT2D eigenvalue weighted by atomic mass is 9.72. The van der Waals surface area contributed by atoms with Gasteiger partial charge in [-0.1, -0.05) is 26.0 Å². The van der Waals surface area contributed by atoms with Crippen molar-refractivity contribution in [3.05, 3.63) is 59.2 Å². The first kappa shape index (κ1) is 26.0. The quantitative estimate of drug-likeness (QED) is 0.576. The second-order valence-electron chi connectivity index (χ2n) is 11.3. The number of anilines is 2. The van der Waals surface area contributed by atoms with Crippen LogP contribution >= 0.6 is 0 Å². The van der Waals surface area contributed by atoms with Crippen LogP contribution in [0.3, 0.4) is 0 Å². The first-order valence-electron chi connectivity index (χ1n) is 12.9. The van der Waals surface area contributed by atoms with E-state index in [9.17, 15) is 9.59 Å². The molecule has 36 heavy (non-hydrogen) atoms. The summed E-state index contributed by atoms with van der Waals surface area (Å²) in [5.41, 5.74) is 4.04. The van der Waals surface area contributed by atoms with Crippen LogP contribution in [0.1, 0.15) is 62.1 Å². The number of hydrogen-bond acceptors (Lipinski definition) is 6. The van der Waals surface area contributed by atoms with Gasteiger partial charge in [0.2, 0.25) is 5.91 Å². The highest BCUT2D eigenvalue weighted by Crippen LogP contribution is 2.45. The van der Waals surface area contributed by atoms with Crippen LogP contribution in [-0.2, 0) is 16.0 Å². The minimum absolute atomic E-state index is 0.0802. The Morgan fingerprint density at radius 2 is 1.83 bits per heavy atom. The van der Waals surface area contributed by atoms with Gasteiger partial charge in [-0.2, -0.15) is 0 Å². The van der Waals surface area contributed by atoms with Crippen molar-refractivity contribution >= 4 is 23.3 Å². The molecule has 0 saturated carbocycles. The van der Waals surface area contributed by atoms with E-state index in [1.165, 1.54) is 0 Å². The van der Waals surface area contributed by atoms with Crippen molar-refractivity contribution in [1.82, 2.24) is 9.80 Å². The van der Waals surface area contributed by atoms with Gasteiger partial charge in [0.05, 0.1) is 18.2 Å². The number of esters is 1. The number of ether oxygens (including phenoxy) is 1. The third-order valence-electron chi connectivity index (χ3n) is 7.35. The van der Waals surface area contributed by atoms with Crippen LogP contribution in [0.25, 0.3) is 0 Å². The Bertz CT molecular complexity index is 1120. The fourth-order valence-corrected chi connectivity index (χ4v) is 5.32. The Morgan fingerprint density at radius 1 is 1.11 bits per heavy atom. The van der Waals surface area contributed by atoms with Gasteiger partial charge in [0, 0.05) is 37.6 Å². The van der Waals surface area contributed by atoms with Gasteiger partial charge >= 0.3 is 5.97 Å². The molecular weight excluding hydrogens is 452 g/mol. The van der Waals surface area contributed by atoms with Gasteiger partial charge in [-0.05, 0) is 81.1 Å². The predicted octanol–water partition coefficient (Wildman–Crippen LogP) is 4.56. The second-order valence-corrected chi connectivity index (χ2v) is 11.3. The van der Waals surface area contributed by atoms with Crippen molar-refractivity contribution < 1.29 is 14.3 Å². The number of fused-ring (bicyclic) bond motifs is 1. The molecule has 7 heteroatoms. The molecule has 7 nitrogen and oxygen atoms in total. The molecule has 0 aliphatic carbocycles. The third-order valence-corrected chi connectivity index (χ3v) is 7.35. The average Bonchev–Trinajstić information content (AvgIpc) is 2.82. The number of carbonyl (C=O) groups is 2. The first-order valence-corrected chi connectivity index (χ1v) is 12.9. The van der Waals surface area contributed by atoms with Gasteiger partial charge in [0.15, 0.2) is 0 Å². The Hall–Kier alpha value is -3.06. The van der Waals surface area contributed by atoms with Crippen LogP contribution in [0.2, 0.25) is 0 Å². The molecule has 0 bridgehead atoms. The van der Waals surface area contributed by atoms with Crippen LogP contribution < -0.4 is 10.6 Å². The van der Waals surface area contributed by atoms with Gasteiger partial charge in [-0.3, -0.25) is 4.79 Å². The largest absolute Gasteiger partial charge is 0.462 e. The van der Waals surface area contributed by atoms with E-state index in [-0.39, 0.29) is 23.3 Å². The fraction of sp³-hybridized carbons (Fsp3) is 0.517. The summed E-state index contributed by atoms with van der Waals surface area (Å²) in [4.78, 5) is 29.7. The van der Waals surface area contributed by atoms with E-state index in [2.05, 4.69) is 48.6 Å². The third kappa shape index (κ3) is 5.51. The summed E-state index contributed by atoms with van der Waals surface area (Å²) in [5, 5.41) is 7.21. The molecule has 2 heterocycles. The molecule has 2 aliphatic rings. The zero-order valence-electron chi connectivity index (χ0n) is 22.5. The number of nitrogens with one attached hydrogen (secondary N) is 2. The standard InChI is InChI=1S/C29H40N4O3/c1-7-36-26(34)21-11-12-24-22(17-21)19-28(2,3)25(30-24)20-9-8-10-23(18-20)31-29(4,5)27(35)33-15-13-32(6)14-16-33/h8-12,17-18,25,30-31H,7,13-16,19H2,1-6H3. The molecule has 1 atom stereocenters. The maximum absolute atomic E-state index is 13.3. The highest BCUT2D eigenvalue weighted by molar-refractivity contribution is 5.90. The molecule has 2 N–H and O–H groups in total. The normalized spacial score (nSPS) is 19.7. The Balaban J connectivity index is 1.52. The van der Waals surface area contributed by atoms with Crippen molar-refractivity contribution in [2.24, 2.45) is 5.41 Å². The van der Waals surface area contributed by atoms with Crippen molar-refractivity contribution in [3.8, 4) is 0 Å². The summed E-state index contributed by atoms with van der Waals surface area (Å²) in [6, 6.07) is 14.2. The Kier molecular flexibility index (Phi) is 7.32. The zero-order valence-corrected chi connectivity index (χ0v) is 22.5. The van der Waals surface area contributed by atoms with Gasteiger partial charge in [-0.15, -0.1) is 0 Å². The van der Waals surface area contributed by atoms with Crippen LogP contribution in [0, 0.1) is 5.41 Å². The molecule has 2 aromatic rings. The molecule has 2 aromatic carbocycles. The predicted molar refractivity (Wildman–Crippen MR) is 144 cm³/mol. The number of amides is 1. The molecule has 194 valence electrons. The van der Waals surface area contributed by atoms with Crippen LogP contribution in [0.15, 0.2) is 42.5 Å². The number of carbonyl (C=O) groups excluding carboxylic acids is 2. The van der Waals surface area contributed by atoms with E-state index in [0.717, 1.165) is 55.1 Å². The molecule has 1 saturated heterocycles. The lowest BCUT2D eigenvalue weighted by Gasteiger charge is -2.42. The summed E-state index contributed by atoms with van der Waals surface area (Å²) in [6.07, 6.45) is 0.832. The molecule has 0 aromatic heterocycles. The Labute approximate surface area is 215 Å². The summed E-state index contributed by atoms with van der Waals surface area (Å²) in [6.45, 7) is 13.9. The molecule has 4 rings (SSSR count). The van der Waals surface area contributed by atoms with Crippen LogP contribution in [-0.4, -0.2) is 67.0 Å². The molecule has 0 radical (unpaired) electrons. The van der Waals surface area contributed by atoms with Crippen molar-refractivity contribution in [2.75, 3.05) is 50.5 Å². The average molecular weight is 493 g/mol. The van der Waals surface area contributed by atoms with Gasteiger partial charge in [-0.25, -0.2) is 4.79 Å². The Morgan fingerprint density at radius 3 is 2.53 bits per heavy atom. The van der Waals surface area contributed by atoms with Gasteiger partial charge in [0.25, 0.3) is 0 Å². The van der Waals surface area contributed by atoms with E-state index in [1.807, 2.05) is 56.0 Å². The van der Waals surface area contributed by atoms with Crippen LogP contribution in [0.5, 0.6) is 0 Å². The van der Waals surface area contributed by atoms with Crippen molar-refractivity contribution in [2.45, 2.75) is 52.6 Å². The second kappa shape index (κ2) is 10.1. The summed E-state index contributed by atoms with van der Waals surface area (Å²) < 4.78 is 5.18. The molecule has 0 spiro atoms. The molecule has 2 aliphatic heterocycles. The number of rotatable bonds is 6. The van der Waals surface area contributed by atoms with E-state index < -0.39 is 5.54 Å². The highest BCUT2D eigenvalue weighted by Gasteiger charge is 2.37. The van der Waals surface area contributed by atoms with Crippen LogP contribution in [0.4, 0.5) is 11.4 Å². The smallest absolute Gasteiger partial charge is 0.338 e. The van der Waals surface area contributed by atoms with E-state index >= 15 is 0 Å². The van der Waals surface area contributed by atoms with Crippen molar-refractivity contribution in [3.63, 3.8) is 0 Å². The molecule has 1 unspecified atom stereocenters. The van der Waals surface area contributed by atoms with E-state index in [1.54, 1.807) is 0 Å². The number of hydrogen-bond donors (Lipinski definition) is 2. The van der Waals surface area contributed by atoms with Gasteiger partial charge in [0.1, 0.15) is 5.54 Å². The highest BCUT2D eigenvalue weighted by atomic mass is 16.5. The minimum atomic E-state index is -0.708. The SMILES string of the molecule is CCOC(=O)c1ccc2c(c1)CC(C)(C)C(c1cccc(NC(C)(C)C(=O)N3CCN(C)CC3)c1)N2. The number of benzene rings is 2. The zero-order chi connectivity index (χ0) is 26.1. The number of nitrogens with zero attached hydrogens (tertiary/aromatic N) is 2. The summed E-state index contributed by atoms with van der Waals surface area (Å²) in [7, 11) is 2.09. The summed E-state index contributed by atoms with van der Waals surface area (Å²) in [5.74, 6) is -0.156. The number of piperazine rings is 1. The van der Waals surface area contributed by atoms with E-state index in [4.69, 9.17) is 4.74 Å². The fourth-order valence-electron chi connectivity index (χ4n) is 5.32.